The van der Waals surface area contributed by atoms with E-state index < -0.39 is 71.0 Å². The molecule has 2 fully saturated rings. The third kappa shape index (κ3) is 6.88. The molecule has 2 aromatic carbocycles. The maximum Gasteiger partial charge on any atom is 0.253 e. The van der Waals surface area contributed by atoms with Crippen LogP contribution in [-0.2, 0) is 25.7 Å². The number of likely N-dealkylation sites (tertiary alicyclic amines) is 1. The average Bonchev–Trinajstić information content (AvgIpc) is 3.74. The smallest absolute Gasteiger partial charge is 0.253 e. The highest BCUT2D eigenvalue weighted by Crippen LogP contribution is 2.45. The molecular weight excluding hydrogens is 641 g/mol. The van der Waals surface area contributed by atoms with Crippen molar-refractivity contribution in [1.29, 1.82) is 0 Å². The summed E-state index contributed by atoms with van der Waals surface area (Å²) in [5, 5.41) is 16.7. The Morgan fingerprint density at radius 1 is 1.10 bits per heavy atom. The van der Waals surface area contributed by atoms with Gasteiger partial charge >= 0.3 is 0 Å². The van der Waals surface area contributed by atoms with Crippen molar-refractivity contribution in [3.05, 3.63) is 89.9 Å². The number of benzene rings is 2. The Hall–Kier alpha value is -4.82. The summed E-state index contributed by atoms with van der Waals surface area (Å²) >= 11 is 0. The number of alkyl halides is 1. The van der Waals surface area contributed by atoms with Crippen LogP contribution in [0.2, 0.25) is 0 Å². The van der Waals surface area contributed by atoms with E-state index in [2.05, 4.69) is 10.6 Å². The molecule has 49 heavy (non-hydrogen) atoms. The topological polar surface area (TPSA) is 137 Å². The number of aromatic nitrogens is 2. The lowest BCUT2D eigenvalue weighted by Gasteiger charge is -2.47. The molecule has 0 spiro atoms. The van der Waals surface area contributed by atoms with Gasteiger partial charge in [0.2, 0.25) is 5.91 Å². The number of nitrogens with one attached hydrogen (secondary N) is 2. The highest BCUT2D eigenvalue weighted by Gasteiger charge is 2.53. The number of halogens is 3. The Morgan fingerprint density at radius 2 is 1.82 bits per heavy atom. The van der Waals surface area contributed by atoms with Gasteiger partial charge in [-0.1, -0.05) is 44.2 Å². The molecule has 258 valence electrons. The van der Waals surface area contributed by atoms with E-state index in [-0.39, 0.29) is 56.2 Å². The van der Waals surface area contributed by atoms with Crippen LogP contribution in [0.25, 0.3) is 11.3 Å². The van der Waals surface area contributed by atoms with Crippen LogP contribution in [0.5, 0.6) is 0 Å². The predicted octanol–water partition coefficient (Wildman–Crippen LogP) is 2.50. The van der Waals surface area contributed by atoms with Crippen molar-refractivity contribution in [2.24, 2.45) is 11.3 Å². The Kier molecular flexibility index (Phi) is 9.45. The van der Waals surface area contributed by atoms with Crippen molar-refractivity contribution in [3.8, 4) is 11.3 Å². The third-order valence-corrected chi connectivity index (χ3v) is 9.44. The molecule has 2 saturated heterocycles. The van der Waals surface area contributed by atoms with Gasteiger partial charge in [-0.25, -0.2) is 18.2 Å². The van der Waals surface area contributed by atoms with E-state index >= 15 is 8.78 Å². The van der Waals surface area contributed by atoms with E-state index in [4.69, 9.17) is 4.98 Å². The molecule has 4 amide bonds. The zero-order valence-corrected chi connectivity index (χ0v) is 27.0. The first kappa shape index (κ1) is 34.1. The lowest BCUT2D eigenvalue weighted by atomic mass is 9.77. The first-order valence-corrected chi connectivity index (χ1v) is 16.1. The lowest BCUT2D eigenvalue weighted by Crippen LogP contribution is -2.61. The number of aliphatic hydroxyl groups excluding tert-OH is 1. The van der Waals surface area contributed by atoms with E-state index in [1.54, 1.807) is 24.6 Å². The number of fused-ring (bicyclic) bond motifs is 1. The highest BCUT2D eigenvalue weighted by molar-refractivity contribution is 6.12. The van der Waals surface area contributed by atoms with Gasteiger partial charge in [-0.05, 0) is 23.8 Å². The predicted molar refractivity (Wildman–Crippen MR) is 171 cm³/mol. The standard InChI is InChI=1S/C35H37F3N6O5/c1-35(2,15-27(45)39-12-13-43-28(46)10-11-29(43)47)32(44-18-23-25(38)16-40-30(23)31(48)34(44)49)33-41-26(22-14-21(36)8-9-24(22)37)19-42(33)17-20-6-4-3-5-7-20/h3-11,14,19,23,25,30-32,40,48H,12-13,15-18H2,1-2H3,(H,39,45)/t23-,25-,30?,31-,32-/m0/s1. The number of imidazole rings is 1. The summed E-state index contributed by atoms with van der Waals surface area (Å²) in [6, 6.07) is 10.4. The number of nitrogens with zero attached hydrogens (tertiary/aromatic N) is 4. The molecule has 3 aliphatic heterocycles. The normalized spacial score (nSPS) is 22.9. The van der Waals surface area contributed by atoms with Crippen LogP contribution in [0.15, 0.2) is 66.9 Å². The molecule has 14 heteroatoms. The molecule has 0 saturated carbocycles. The summed E-state index contributed by atoms with van der Waals surface area (Å²) in [7, 11) is 0. The summed E-state index contributed by atoms with van der Waals surface area (Å²) < 4.78 is 46.3. The molecule has 4 heterocycles. The van der Waals surface area contributed by atoms with E-state index in [9.17, 15) is 28.7 Å². The van der Waals surface area contributed by atoms with Gasteiger partial charge in [0.1, 0.15) is 29.7 Å². The van der Waals surface area contributed by atoms with Crippen molar-refractivity contribution < 1.29 is 37.5 Å². The van der Waals surface area contributed by atoms with Gasteiger partial charge in [-0.15, -0.1) is 0 Å². The first-order chi connectivity index (χ1) is 23.3. The van der Waals surface area contributed by atoms with Crippen LogP contribution >= 0.6 is 0 Å². The number of aliphatic hydroxyl groups is 1. The summed E-state index contributed by atoms with van der Waals surface area (Å²) in [6.45, 7) is 3.45. The number of piperidine rings is 1. The van der Waals surface area contributed by atoms with Gasteiger partial charge < -0.3 is 25.2 Å². The van der Waals surface area contributed by atoms with Gasteiger partial charge in [0.15, 0.2) is 0 Å². The van der Waals surface area contributed by atoms with Gasteiger partial charge in [0.05, 0.1) is 11.7 Å². The Bertz CT molecular complexity index is 1780. The van der Waals surface area contributed by atoms with Gasteiger partial charge in [-0.3, -0.25) is 24.1 Å². The van der Waals surface area contributed by atoms with Gasteiger partial charge in [-0.2, -0.15) is 0 Å². The second-order valence-corrected chi connectivity index (χ2v) is 13.4. The Morgan fingerprint density at radius 3 is 2.53 bits per heavy atom. The van der Waals surface area contributed by atoms with Crippen molar-refractivity contribution in [1.82, 2.24) is 30.0 Å². The second-order valence-electron chi connectivity index (χ2n) is 13.4. The van der Waals surface area contributed by atoms with Crippen molar-refractivity contribution in [3.63, 3.8) is 0 Å². The molecule has 3 aliphatic rings. The minimum absolute atomic E-state index is 0.0231. The van der Waals surface area contributed by atoms with Crippen LogP contribution in [0, 0.1) is 23.0 Å². The molecule has 3 aromatic rings. The minimum atomic E-state index is -1.58. The number of imide groups is 1. The van der Waals surface area contributed by atoms with Crippen LogP contribution in [0.3, 0.4) is 0 Å². The second kappa shape index (κ2) is 13.6. The molecule has 0 radical (unpaired) electrons. The number of amides is 4. The van der Waals surface area contributed by atoms with Crippen LogP contribution < -0.4 is 10.6 Å². The summed E-state index contributed by atoms with van der Waals surface area (Å²) in [4.78, 5) is 58.4. The zero-order valence-electron chi connectivity index (χ0n) is 27.0. The van der Waals surface area contributed by atoms with Crippen molar-refractivity contribution in [2.75, 3.05) is 26.2 Å². The van der Waals surface area contributed by atoms with Gasteiger partial charge in [0.25, 0.3) is 17.7 Å². The van der Waals surface area contributed by atoms with E-state index in [1.165, 1.54) is 4.90 Å². The van der Waals surface area contributed by atoms with E-state index in [0.29, 0.717) is 0 Å². The first-order valence-electron chi connectivity index (χ1n) is 16.1. The molecule has 0 bridgehead atoms. The van der Waals surface area contributed by atoms with E-state index in [0.717, 1.165) is 40.8 Å². The number of rotatable bonds is 11. The number of carbonyl (C=O) groups excluding carboxylic acids is 4. The average molecular weight is 679 g/mol. The van der Waals surface area contributed by atoms with Crippen molar-refractivity contribution in [2.45, 2.75) is 51.2 Å². The molecule has 6 rings (SSSR count). The fraction of sp³-hybridized carbons (Fsp3) is 0.400. The molecule has 1 unspecified atom stereocenters. The zero-order chi connectivity index (χ0) is 35.0. The maximum atomic E-state index is 15.2. The fourth-order valence-electron chi connectivity index (χ4n) is 7.04. The monoisotopic (exact) mass is 678 g/mol. The Balaban J connectivity index is 1.39. The number of carbonyl (C=O) groups is 4. The summed E-state index contributed by atoms with van der Waals surface area (Å²) in [6.07, 6.45) is 0.711. The van der Waals surface area contributed by atoms with E-state index in [1.807, 2.05) is 30.3 Å². The minimum Gasteiger partial charge on any atom is -0.382 e. The highest BCUT2D eigenvalue weighted by atomic mass is 19.1. The largest absolute Gasteiger partial charge is 0.382 e. The maximum absolute atomic E-state index is 15.2. The molecular formula is C35H37F3N6O5. The van der Waals surface area contributed by atoms with Crippen LogP contribution in [-0.4, -0.2) is 92.6 Å². The number of hydrogen-bond donors (Lipinski definition) is 3. The number of hydrogen-bond acceptors (Lipinski definition) is 7. The molecule has 1 aromatic heterocycles. The molecule has 5 atom stereocenters. The third-order valence-electron chi connectivity index (χ3n) is 9.44. The van der Waals surface area contributed by atoms with Crippen LogP contribution in [0.1, 0.15) is 37.7 Å². The summed E-state index contributed by atoms with van der Waals surface area (Å²) in [5.41, 5.74) is -0.355. The Labute approximate surface area is 280 Å². The van der Waals surface area contributed by atoms with Crippen LogP contribution in [0.4, 0.5) is 13.2 Å². The lowest BCUT2D eigenvalue weighted by molar-refractivity contribution is -0.156. The fourth-order valence-corrected chi connectivity index (χ4v) is 7.04. The molecule has 3 N–H and O–H groups in total. The van der Waals surface area contributed by atoms with Crippen molar-refractivity contribution >= 4 is 23.6 Å². The molecule has 0 aliphatic carbocycles. The molecule has 11 nitrogen and oxygen atoms in total. The quantitative estimate of drug-likeness (QED) is 0.265. The summed E-state index contributed by atoms with van der Waals surface area (Å²) in [5.74, 6) is -4.04. The van der Waals surface area contributed by atoms with Gasteiger partial charge in [0, 0.05) is 80.4 Å². The SMILES string of the molecule is CC(C)(CC(=O)NCCN1C(=O)C=CC1=O)[C@H](c1nc(-c2cc(F)ccc2F)cn1Cc1ccccc1)N1C[C@@H]2C(NC[C@@H]2F)[C@H](O)C1=O.